The molecule has 5 nitrogen and oxygen atoms in total. The minimum absolute atomic E-state index is 0.0300. The summed E-state index contributed by atoms with van der Waals surface area (Å²) in [7, 11) is 1.69. The Kier molecular flexibility index (Phi) is 7.23. The summed E-state index contributed by atoms with van der Waals surface area (Å²) >= 11 is 1.71. The van der Waals surface area contributed by atoms with Crippen LogP contribution in [0.25, 0.3) is 0 Å². The number of nitrogens with one attached hydrogen (secondary N) is 2. The van der Waals surface area contributed by atoms with Gasteiger partial charge in [0.05, 0.1) is 12.3 Å². The first-order valence-electron chi connectivity index (χ1n) is 6.84. The van der Waals surface area contributed by atoms with Gasteiger partial charge in [-0.25, -0.2) is 0 Å². The maximum Gasteiger partial charge on any atom is 0.239 e. The molecule has 110 valence electrons. The zero-order valence-corrected chi connectivity index (χ0v) is 12.9. The van der Waals surface area contributed by atoms with E-state index in [1.54, 1.807) is 18.8 Å². The summed E-state index contributed by atoms with van der Waals surface area (Å²) in [4.78, 5) is 25.0. The van der Waals surface area contributed by atoms with Gasteiger partial charge >= 0.3 is 0 Å². The average molecular weight is 287 g/mol. The number of amides is 2. The number of hydrogen-bond donors (Lipinski definition) is 2. The SMILES string of the molecule is CC(C)NC(=O)CN(C)C(=O)CSC1CCNCC1. The van der Waals surface area contributed by atoms with Crippen LogP contribution in [0.1, 0.15) is 26.7 Å². The standard InChI is InChI=1S/C13H25N3O2S/c1-10(2)15-12(17)8-16(3)13(18)9-19-11-4-6-14-7-5-11/h10-11,14H,4-9H2,1-3H3,(H,15,17). The van der Waals surface area contributed by atoms with Gasteiger partial charge in [0, 0.05) is 18.3 Å². The van der Waals surface area contributed by atoms with Crippen LogP contribution in [0.4, 0.5) is 0 Å². The second-order valence-electron chi connectivity index (χ2n) is 5.23. The van der Waals surface area contributed by atoms with Crippen LogP contribution >= 0.6 is 11.8 Å². The number of carbonyl (C=O) groups excluding carboxylic acids is 2. The summed E-state index contributed by atoms with van der Waals surface area (Å²) < 4.78 is 0. The molecule has 0 aromatic rings. The molecule has 0 aromatic heterocycles. The Labute approximate surface area is 119 Å². The topological polar surface area (TPSA) is 61.4 Å². The predicted molar refractivity (Wildman–Crippen MR) is 79.3 cm³/mol. The Bertz CT molecular complexity index is 304. The number of likely N-dealkylation sites (N-methyl/N-ethyl adjacent to an activating group) is 1. The van der Waals surface area contributed by atoms with E-state index in [2.05, 4.69) is 10.6 Å². The van der Waals surface area contributed by atoms with E-state index >= 15 is 0 Å². The lowest BCUT2D eigenvalue weighted by Gasteiger charge is -2.23. The molecule has 2 N–H and O–H groups in total. The van der Waals surface area contributed by atoms with Crippen LogP contribution in [0.3, 0.4) is 0 Å². The van der Waals surface area contributed by atoms with Crippen LogP contribution in [0.5, 0.6) is 0 Å². The lowest BCUT2D eigenvalue weighted by Crippen LogP contribution is -2.41. The first kappa shape index (κ1) is 16.3. The molecule has 0 saturated carbocycles. The minimum atomic E-state index is -0.0993. The van der Waals surface area contributed by atoms with E-state index in [-0.39, 0.29) is 24.4 Å². The van der Waals surface area contributed by atoms with Crippen molar-refractivity contribution in [2.75, 3.05) is 32.4 Å². The van der Waals surface area contributed by atoms with Crippen molar-refractivity contribution < 1.29 is 9.59 Å². The average Bonchev–Trinajstić information content (AvgIpc) is 2.36. The lowest BCUT2D eigenvalue weighted by atomic mass is 10.2. The highest BCUT2D eigenvalue weighted by molar-refractivity contribution is 8.00. The molecule has 19 heavy (non-hydrogen) atoms. The van der Waals surface area contributed by atoms with Crippen molar-refractivity contribution in [2.45, 2.75) is 38.0 Å². The molecule has 2 amide bonds. The summed E-state index contributed by atoms with van der Waals surface area (Å²) in [6, 6.07) is 0.111. The Hall–Kier alpha value is -0.750. The fourth-order valence-electron chi connectivity index (χ4n) is 1.93. The first-order valence-corrected chi connectivity index (χ1v) is 7.89. The van der Waals surface area contributed by atoms with Gasteiger partial charge in [0.1, 0.15) is 0 Å². The van der Waals surface area contributed by atoms with Gasteiger partial charge in [-0.1, -0.05) is 0 Å². The Morgan fingerprint density at radius 1 is 1.37 bits per heavy atom. The highest BCUT2D eigenvalue weighted by Gasteiger charge is 2.18. The smallest absolute Gasteiger partial charge is 0.239 e. The van der Waals surface area contributed by atoms with Gasteiger partial charge in [-0.3, -0.25) is 9.59 Å². The number of nitrogens with zero attached hydrogens (tertiary/aromatic N) is 1. The lowest BCUT2D eigenvalue weighted by molar-refractivity contribution is -0.132. The quantitative estimate of drug-likeness (QED) is 0.745. The second kappa shape index (κ2) is 8.43. The van der Waals surface area contributed by atoms with E-state index < -0.39 is 0 Å². The molecule has 0 spiro atoms. The maximum absolute atomic E-state index is 11.9. The second-order valence-corrected chi connectivity index (χ2v) is 6.52. The van der Waals surface area contributed by atoms with Gasteiger partial charge in [-0.2, -0.15) is 0 Å². The number of rotatable bonds is 6. The zero-order valence-electron chi connectivity index (χ0n) is 12.1. The van der Waals surface area contributed by atoms with E-state index in [0.29, 0.717) is 11.0 Å². The third kappa shape index (κ3) is 6.82. The van der Waals surface area contributed by atoms with Crippen molar-refractivity contribution >= 4 is 23.6 Å². The highest BCUT2D eigenvalue weighted by atomic mass is 32.2. The van der Waals surface area contributed by atoms with Gasteiger partial charge in [-0.15, -0.1) is 11.8 Å². The molecule has 1 rings (SSSR count). The van der Waals surface area contributed by atoms with Crippen LogP contribution in [0.15, 0.2) is 0 Å². The number of hydrogen-bond acceptors (Lipinski definition) is 4. The van der Waals surface area contributed by atoms with Crippen LogP contribution in [0, 0.1) is 0 Å². The largest absolute Gasteiger partial charge is 0.352 e. The molecule has 1 aliphatic rings. The third-order valence-corrected chi connectivity index (χ3v) is 4.34. The number of thioether (sulfide) groups is 1. The van der Waals surface area contributed by atoms with Crippen LogP contribution in [-0.4, -0.2) is 60.4 Å². The molecule has 1 heterocycles. The molecule has 0 radical (unpaired) electrons. The van der Waals surface area contributed by atoms with Crippen molar-refractivity contribution in [3.05, 3.63) is 0 Å². The van der Waals surface area contributed by atoms with Crippen molar-refractivity contribution in [1.29, 1.82) is 0 Å². The van der Waals surface area contributed by atoms with Crippen LogP contribution in [-0.2, 0) is 9.59 Å². The third-order valence-electron chi connectivity index (χ3n) is 2.98. The molecule has 1 aliphatic heterocycles. The van der Waals surface area contributed by atoms with Crippen molar-refractivity contribution in [3.8, 4) is 0 Å². The highest BCUT2D eigenvalue weighted by Crippen LogP contribution is 2.20. The van der Waals surface area contributed by atoms with E-state index in [9.17, 15) is 9.59 Å². The van der Waals surface area contributed by atoms with Crippen molar-refractivity contribution in [3.63, 3.8) is 0 Å². The van der Waals surface area contributed by atoms with Crippen LogP contribution in [0.2, 0.25) is 0 Å². The molecule has 0 atom stereocenters. The Morgan fingerprint density at radius 3 is 2.58 bits per heavy atom. The summed E-state index contributed by atoms with van der Waals surface area (Å²) in [6.45, 7) is 6.04. The van der Waals surface area contributed by atoms with E-state index in [0.717, 1.165) is 25.9 Å². The van der Waals surface area contributed by atoms with Crippen LogP contribution < -0.4 is 10.6 Å². The number of carbonyl (C=O) groups is 2. The van der Waals surface area contributed by atoms with Gasteiger partial charge in [-0.05, 0) is 39.8 Å². The molecule has 0 unspecified atom stereocenters. The van der Waals surface area contributed by atoms with Crippen molar-refractivity contribution in [1.82, 2.24) is 15.5 Å². The van der Waals surface area contributed by atoms with Crippen molar-refractivity contribution in [2.24, 2.45) is 0 Å². The molecular formula is C13H25N3O2S. The first-order chi connectivity index (χ1) is 8.99. The summed E-state index contributed by atoms with van der Waals surface area (Å²) in [5.41, 5.74) is 0. The Morgan fingerprint density at radius 2 is 2.00 bits per heavy atom. The normalized spacial score (nSPS) is 16.4. The maximum atomic E-state index is 11.9. The van der Waals surface area contributed by atoms with E-state index in [4.69, 9.17) is 0 Å². The summed E-state index contributed by atoms with van der Waals surface area (Å²) in [5.74, 6) is 0.399. The van der Waals surface area contributed by atoms with Gasteiger partial charge in [0.25, 0.3) is 0 Å². The molecular weight excluding hydrogens is 262 g/mol. The fourth-order valence-corrected chi connectivity index (χ4v) is 3.10. The summed E-state index contributed by atoms with van der Waals surface area (Å²) in [5, 5.41) is 6.67. The summed E-state index contributed by atoms with van der Waals surface area (Å²) in [6.07, 6.45) is 2.24. The fraction of sp³-hybridized carbons (Fsp3) is 0.846. The monoisotopic (exact) mass is 287 g/mol. The number of piperidine rings is 1. The molecule has 0 aliphatic carbocycles. The Balaban J connectivity index is 2.22. The zero-order chi connectivity index (χ0) is 14.3. The molecule has 0 bridgehead atoms. The van der Waals surface area contributed by atoms with Gasteiger partial charge in [0.2, 0.25) is 11.8 Å². The molecule has 1 fully saturated rings. The molecule has 6 heteroatoms. The van der Waals surface area contributed by atoms with E-state index in [1.165, 1.54) is 4.90 Å². The van der Waals surface area contributed by atoms with Gasteiger partial charge in [0.15, 0.2) is 0 Å². The minimum Gasteiger partial charge on any atom is -0.352 e. The molecule has 1 saturated heterocycles. The predicted octanol–water partition coefficient (Wildman–Crippen LogP) is 0.455. The van der Waals surface area contributed by atoms with Gasteiger partial charge < -0.3 is 15.5 Å². The van der Waals surface area contributed by atoms with E-state index in [1.807, 2.05) is 13.8 Å². The molecule has 0 aromatic carbocycles.